The van der Waals surface area contributed by atoms with Crippen LogP contribution in [-0.2, 0) is 0 Å². The van der Waals surface area contributed by atoms with Gasteiger partial charge in [0, 0.05) is 0 Å². The molecule has 0 aliphatic carbocycles. The summed E-state index contributed by atoms with van der Waals surface area (Å²) in [6, 6.07) is 0. The van der Waals surface area contributed by atoms with Crippen LogP contribution >= 0.6 is 0 Å². The third-order valence-electron chi connectivity index (χ3n) is 3.60. The molecule has 0 saturated heterocycles. The van der Waals surface area contributed by atoms with Crippen LogP contribution in [0.5, 0.6) is 0 Å². The maximum atomic E-state index is 2.39. The first-order valence-electron chi connectivity index (χ1n) is 6.74. The first kappa shape index (κ1) is 14.7. The molecule has 0 aliphatic rings. The average molecular weight is 210 g/mol. The van der Waals surface area contributed by atoms with E-state index in [1.165, 1.54) is 32.1 Å². The fraction of sp³-hybridized carbons (Fsp3) is 0.867. The molecule has 0 rings (SSSR count). The van der Waals surface area contributed by atoms with Gasteiger partial charge in [0.05, 0.1) is 0 Å². The van der Waals surface area contributed by atoms with E-state index in [-0.39, 0.29) is 0 Å². The van der Waals surface area contributed by atoms with Crippen molar-refractivity contribution in [3.8, 4) is 0 Å². The third-order valence-corrected chi connectivity index (χ3v) is 3.60. The highest BCUT2D eigenvalue weighted by Gasteiger charge is 2.13. The van der Waals surface area contributed by atoms with E-state index in [1.807, 2.05) is 0 Å². The molecule has 0 heterocycles. The van der Waals surface area contributed by atoms with Crippen molar-refractivity contribution in [2.75, 3.05) is 0 Å². The lowest BCUT2D eigenvalue weighted by molar-refractivity contribution is 0.298. The van der Waals surface area contributed by atoms with E-state index in [1.54, 1.807) is 0 Å². The lowest BCUT2D eigenvalue weighted by Crippen LogP contribution is -2.13. The van der Waals surface area contributed by atoms with Gasteiger partial charge in [-0.25, -0.2) is 0 Å². The Morgan fingerprint density at radius 3 is 2.13 bits per heavy atom. The highest BCUT2D eigenvalue weighted by Crippen LogP contribution is 2.23. The second kappa shape index (κ2) is 9.00. The smallest absolute Gasteiger partial charge is 0.0322 e. The predicted molar refractivity (Wildman–Crippen MR) is 71.1 cm³/mol. The molecule has 0 spiro atoms. The molecule has 0 fully saturated rings. The summed E-state index contributed by atoms with van der Waals surface area (Å²) >= 11 is 0. The maximum absolute atomic E-state index is 2.39. The van der Waals surface area contributed by atoms with Crippen LogP contribution in [-0.4, -0.2) is 0 Å². The highest BCUT2D eigenvalue weighted by molar-refractivity contribution is 4.84. The van der Waals surface area contributed by atoms with Gasteiger partial charge in [-0.3, -0.25) is 0 Å². The van der Waals surface area contributed by atoms with Gasteiger partial charge in [0.25, 0.3) is 0 Å². The first-order chi connectivity index (χ1) is 7.09. The van der Waals surface area contributed by atoms with E-state index in [2.05, 4.69) is 46.8 Å². The molecular formula is C15H30. The van der Waals surface area contributed by atoms with Gasteiger partial charge in [0.1, 0.15) is 0 Å². The highest BCUT2D eigenvalue weighted by atomic mass is 14.2. The quantitative estimate of drug-likeness (QED) is 0.369. The van der Waals surface area contributed by atoms with Gasteiger partial charge in [0.2, 0.25) is 0 Å². The first-order valence-corrected chi connectivity index (χ1v) is 6.74. The average Bonchev–Trinajstić information content (AvgIpc) is 2.21. The summed E-state index contributed by atoms with van der Waals surface area (Å²) < 4.78 is 0. The Bertz CT molecular complexity index is 155. The van der Waals surface area contributed by atoms with Crippen molar-refractivity contribution in [2.24, 2.45) is 17.8 Å². The van der Waals surface area contributed by atoms with Crippen LogP contribution in [0.4, 0.5) is 0 Å². The Morgan fingerprint density at radius 1 is 0.933 bits per heavy atom. The van der Waals surface area contributed by atoms with E-state index in [4.69, 9.17) is 0 Å². The van der Waals surface area contributed by atoms with Gasteiger partial charge >= 0.3 is 0 Å². The Balaban J connectivity index is 3.56. The van der Waals surface area contributed by atoms with E-state index >= 15 is 0 Å². The summed E-state index contributed by atoms with van der Waals surface area (Å²) in [6.45, 7) is 11.7. The van der Waals surface area contributed by atoms with E-state index in [9.17, 15) is 0 Å². The van der Waals surface area contributed by atoms with E-state index < -0.39 is 0 Å². The third kappa shape index (κ3) is 7.64. The molecule has 0 heteroatoms. The molecule has 0 nitrogen and oxygen atoms in total. The van der Waals surface area contributed by atoms with Gasteiger partial charge in [-0.1, -0.05) is 59.6 Å². The van der Waals surface area contributed by atoms with Crippen LogP contribution in [0.25, 0.3) is 0 Å². The summed E-state index contributed by atoms with van der Waals surface area (Å²) in [5, 5.41) is 0. The van der Waals surface area contributed by atoms with E-state index in [0.717, 1.165) is 17.8 Å². The molecule has 0 aliphatic heterocycles. The molecule has 0 aromatic rings. The Labute approximate surface area is 97.2 Å². The molecule has 0 aromatic carbocycles. The number of hydrogen-bond acceptors (Lipinski definition) is 0. The normalized spacial score (nSPS) is 16.1. The van der Waals surface area contributed by atoms with Gasteiger partial charge in [-0.15, -0.1) is 0 Å². The molecule has 2 unspecified atom stereocenters. The van der Waals surface area contributed by atoms with Gasteiger partial charge in [-0.05, 0) is 37.0 Å². The summed E-state index contributed by atoms with van der Waals surface area (Å²) in [5.74, 6) is 2.48. The van der Waals surface area contributed by atoms with Crippen LogP contribution in [0.15, 0.2) is 12.2 Å². The fourth-order valence-electron chi connectivity index (χ4n) is 1.81. The van der Waals surface area contributed by atoms with Crippen LogP contribution in [0.1, 0.15) is 66.7 Å². The predicted octanol–water partition coefficient (Wildman–Crippen LogP) is 5.44. The molecular weight excluding hydrogens is 180 g/mol. The minimum Gasteiger partial charge on any atom is -0.0885 e. The zero-order chi connectivity index (χ0) is 11.7. The van der Waals surface area contributed by atoms with Crippen LogP contribution in [0.2, 0.25) is 0 Å². The lowest BCUT2D eigenvalue weighted by Gasteiger charge is -2.22. The molecule has 2 atom stereocenters. The van der Waals surface area contributed by atoms with Crippen LogP contribution in [0.3, 0.4) is 0 Å². The van der Waals surface area contributed by atoms with Crippen LogP contribution in [0, 0.1) is 17.8 Å². The van der Waals surface area contributed by atoms with E-state index in [0.29, 0.717) is 0 Å². The van der Waals surface area contributed by atoms with Crippen LogP contribution < -0.4 is 0 Å². The summed E-state index contributed by atoms with van der Waals surface area (Å²) in [4.78, 5) is 0. The largest absolute Gasteiger partial charge is 0.0885 e. The van der Waals surface area contributed by atoms with Crippen molar-refractivity contribution < 1.29 is 0 Å². The number of hydrogen-bond donors (Lipinski definition) is 0. The SMILES string of the molecule is CCCCC/C=C/CC(C)C(C)C(C)C. The second-order valence-corrected chi connectivity index (χ2v) is 5.28. The van der Waals surface area contributed by atoms with Gasteiger partial charge in [0.15, 0.2) is 0 Å². The van der Waals surface area contributed by atoms with Crippen molar-refractivity contribution in [2.45, 2.75) is 66.7 Å². The van der Waals surface area contributed by atoms with Gasteiger partial charge in [-0.2, -0.15) is 0 Å². The number of allylic oxidation sites excluding steroid dienone is 2. The Hall–Kier alpha value is -0.260. The fourth-order valence-corrected chi connectivity index (χ4v) is 1.81. The van der Waals surface area contributed by atoms with Crippen molar-refractivity contribution in [1.29, 1.82) is 0 Å². The lowest BCUT2D eigenvalue weighted by atomic mass is 9.84. The standard InChI is InChI=1S/C15H30/c1-6-7-8-9-10-11-12-14(4)15(5)13(2)3/h10-11,13-15H,6-9,12H2,1-5H3/b11-10+. The zero-order valence-corrected chi connectivity index (χ0v) is 11.4. The molecule has 90 valence electrons. The topological polar surface area (TPSA) is 0 Å². The van der Waals surface area contributed by atoms with Crippen molar-refractivity contribution >= 4 is 0 Å². The van der Waals surface area contributed by atoms with Gasteiger partial charge < -0.3 is 0 Å². The minimum atomic E-state index is 0.813. The molecule has 15 heavy (non-hydrogen) atoms. The molecule has 0 saturated carbocycles. The Kier molecular flexibility index (Phi) is 8.85. The van der Waals surface area contributed by atoms with Crippen molar-refractivity contribution in [3.63, 3.8) is 0 Å². The van der Waals surface area contributed by atoms with Crippen molar-refractivity contribution in [1.82, 2.24) is 0 Å². The molecule has 0 aromatic heterocycles. The number of rotatable bonds is 8. The summed E-state index contributed by atoms with van der Waals surface area (Å²) in [5.41, 5.74) is 0. The summed E-state index contributed by atoms with van der Waals surface area (Å²) in [7, 11) is 0. The Morgan fingerprint density at radius 2 is 1.60 bits per heavy atom. The summed E-state index contributed by atoms with van der Waals surface area (Å²) in [6.07, 6.45) is 11.4. The van der Waals surface area contributed by atoms with Crippen molar-refractivity contribution in [3.05, 3.63) is 12.2 Å². The second-order valence-electron chi connectivity index (χ2n) is 5.28. The monoisotopic (exact) mass is 210 g/mol. The molecule has 0 N–H and O–H groups in total. The molecule has 0 bridgehead atoms. The molecule has 0 amide bonds. The number of unbranched alkanes of at least 4 members (excludes halogenated alkanes) is 3. The molecule has 0 radical (unpaired) electrons. The zero-order valence-electron chi connectivity index (χ0n) is 11.4. The minimum absolute atomic E-state index is 0.813. The maximum Gasteiger partial charge on any atom is -0.0322 e.